The van der Waals surface area contributed by atoms with Crippen molar-refractivity contribution in [2.75, 3.05) is 13.1 Å². The van der Waals surface area contributed by atoms with Crippen molar-refractivity contribution in [3.8, 4) is 10.6 Å². The lowest BCUT2D eigenvalue weighted by molar-refractivity contribution is 0.628. The highest BCUT2D eigenvalue weighted by Gasteiger charge is 2.04. The monoisotopic (exact) mass is 251 g/mol. The molecular weight excluding hydrogens is 237 g/mol. The molecule has 1 aromatic carbocycles. The van der Waals surface area contributed by atoms with Crippen molar-refractivity contribution >= 4 is 11.3 Å². The van der Waals surface area contributed by atoms with Crippen molar-refractivity contribution in [1.29, 1.82) is 0 Å². The van der Waals surface area contributed by atoms with Gasteiger partial charge >= 0.3 is 0 Å². The predicted octanol–water partition coefficient (Wildman–Crippen LogP) is 2.00. The summed E-state index contributed by atoms with van der Waals surface area (Å²) in [5, 5.41) is 6.10. The first-order valence-corrected chi connectivity index (χ1v) is 6.28. The molecule has 0 atom stereocenters. The van der Waals surface area contributed by atoms with Crippen molar-refractivity contribution in [3.05, 3.63) is 41.2 Å². The number of nitrogens with two attached hydrogens (primary N) is 1. The summed E-state index contributed by atoms with van der Waals surface area (Å²) >= 11 is 1.56. The molecule has 1 aromatic heterocycles. The topological polar surface area (TPSA) is 50.9 Å². The number of benzene rings is 1. The van der Waals surface area contributed by atoms with E-state index in [1.807, 2.05) is 5.38 Å². The van der Waals surface area contributed by atoms with Crippen LogP contribution in [0.2, 0.25) is 0 Å². The minimum absolute atomic E-state index is 0.227. The molecule has 1 heterocycles. The summed E-state index contributed by atoms with van der Waals surface area (Å²) in [5.74, 6) is -0.227. The van der Waals surface area contributed by atoms with E-state index in [-0.39, 0.29) is 5.82 Å². The van der Waals surface area contributed by atoms with Gasteiger partial charge in [-0.05, 0) is 24.3 Å². The number of nitrogens with zero attached hydrogens (tertiary/aromatic N) is 1. The predicted molar refractivity (Wildman–Crippen MR) is 68.3 cm³/mol. The average molecular weight is 251 g/mol. The molecule has 0 fully saturated rings. The van der Waals surface area contributed by atoms with E-state index in [4.69, 9.17) is 5.73 Å². The standard InChI is InChI=1S/C12H14FN3S/c13-10-3-1-9(2-4-10)12-16-11(8-17-12)7-15-6-5-14/h1-4,8,15H,5-7,14H2. The Hall–Kier alpha value is -1.30. The van der Waals surface area contributed by atoms with Crippen LogP contribution in [-0.2, 0) is 6.54 Å². The molecule has 5 heteroatoms. The maximum Gasteiger partial charge on any atom is 0.123 e. The fraction of sp³-hybridized carbons (Fsp3) is 0.250. The van der Waals surface area contributed by atoms with Crippen LogP contribution >= 0.6 is 11.3 Å². The third kappa shape index (κ3) is 3.33. The van der Waals surface area contributed by atoms with Gasteiger partial charge in [0.1, 0.15) is 10.8 Å². The van der Waals surface area contributed by atoms with Crippen molar-refractivity contribution in [1.82, 2.24) is 10.3 Å². The Labute approximate surface area is 103 Å². The lowest BCUT2D eigenvalue weighted by Crippen LogP contribution is -2.21. The molecule has 3 nitrogen and oxygen atoms in total. The molecule has 3 N–H and O–H groups in total. The van der Waals surface area contributed by atoms with E-state index in [0.29, 0.717) is 6.54 Å². The Morgan fingerprint density at radius 2 is 2.06 bits per heavy atom. The highest BCUT2D eigenvalue weighted by Crippen LogP contribution is 2.23. The van der Waals surface area contributed by atoms with Gasteiger partial charge in [-0.15, -0.1) is 11.3 Å². The number of halogens is 1. The first kappa shape index (κ1) is 12.2. The zero-order valence-electron chi connectivity index (χ0n) is 9.32. The van der Waals surface area contributed by atoms with Gasteiger partial charge in [0.05, 0.1) is 5.69 Å². The summed E-state index contributed by atoms with van der Waals surface area (Å²) in [4.78, 5) is 4.47. The van der Waals surface area contributed by atoms with E-state index in [2.05, 4.69) is 10.3 Å². The molecule has 0 spiro atoms. The van der Waals surface area contributed by atoms with Crippen molar-refractivity contribution in [2.24, 2.45) is 5.73 Å². The summed E-state index contributed by atoms with van der Waals surface area (Å²) in [7, 11) is 0. The van der Waals surface area contributed by atoms with E-state index < -0.39 is 0 Å². The SMILES string of the molecule is NCCNCc1csc(-c2ccc(F)cc2)n1. The maximum absolute atomic E-state index is 12.8. The summed E-state index contributed by atoms with van der Waals surface area (Å²) in [6.07, 6.45) is 0. The average Bonchev–Trinajstić information content (AvgIpc) is 2.79. The van der Waals surface area contributed by atoms with E-state index >= 15 is 0 Å². The molecule has 0 aliphatic heterocycles. The van der Waals surface area contributed by atoms with Crippen LogP contribution in [0, 0.1) is 5.82 Å². The number of hydrogen-bond donors (Lipinski definition) is 2. The van der Waals surface area contributed by atoms with Gasteiger partial charge in [-0.25, -0.2) is 9.37 Å². The van der Waals surface area contributed by atoms with E-state index in [0.717, 1.165) is 29.4 Å². The third-order valence-corrected chi connectivity index (χ3v) is 3.21. The summed E-state index contributed by atoms with van der Waals surface area (Å²) < 4.78 is 12.8. The molecular formula is C12H14FN3S. The number of nitrogens with one attached hydrogen (secondary N) is 1. The zero-order valence-corrected chi connectivity index (χ0v) is 10.1. The summed E-state index contributed by atoms with van der Waals surface area (Å²) in [5.41, 5.74) is 7.32. The van der Waals surface area contributed by atoms with Gasteiger partial charge < -0.3 is 11.1 Å². The van der Waals surface area contributed by atoms with Crippen LogP contribution < -0.4 is 11.1 Å². The highest BCUT2D eigenvalue weighted by molar-refractivity contribution is 7.13. The van der Waals surface area contributed by atoms with Gasteiger partial charge in [-0.2, -0.15) is 0 Å². The second-order valence-corrected chi connectivity index (χ2v) is 4.47. The van der Waals surface area contributed by atoms with Gasteiger partial charge in [-0.3, -0.25) is 0 Å². The van der Waals surface area contributed by atoms with Crippen LogP contribution in [0.3, 0.4) is 0 Å². The van der Waals surface area contributed by atoms with Crippen molar-refractivity contribution in [2.45, 2.75) is 6.54 Å². The largest absolute Gasteiger partial charge is 0.329 e. The lowest BCUT2D eigenvalue weighted by atomic mass is 10.2. The Bertz CT molecular complexity index is 467. The number of rotatable bonds is 5. The number of thiazole rings is 1. The maximum atomic E-state index is 12.8. The fourth-order valence-electron chi connectivity index (χ4n) is 1.43. The molecule has 90 valence electrons. The van der Waals surface area contributed by atoms with Crippen LogP contribution in [0.4, 0.5) is 4.39 Å². The van der Waals surface area contributed by atoms with Gasteiger partial charge in [-0.1, -0.05) is 0 Å². The van der Waals surface area contributed by atoms with Gasteiger partial charge in [0.25, 0.3) is 0 Å². The smallest absolute Gasteiger partial charge is 0.123 e. The van der Waals surface area contributed by atoms with Gasteiger partial charge in [0.15, 0.2) is 0 Å². The summed E-state index contributed by atoms with van der Waals surface area (Å²) in [6, 6.07) is 6.38. The van der Waals surface area contributed by atoms with Crippen LogP contribution in [-0.4, -0.2) is 18.1 Å². The quantitative estimate of drug-likeness (QED) is 0.799. The van der Waals surface area contributed by atoms with E-state index in [1.54, 1.807) is 23.5 Å². The molecule has 0 aliphatic rings. The third-order valence-electron chi connectivity index (χ3n) is 2.27. The Kier molecular flexibility index (Phi) is 4.19. The minimum Gasteiger partial charge on any atom is -0.329 e. The molecule has 17 heavy (non-hydrogen) atoms. The fourth-order valence-corrected chi connectivity index (χ4v) is 2.26. The molecule has 0 bridgehead atoms. The Morgan fingerprint density at radius 1 is 1.29 bits per heavy atom. The van der Waals surface area contributed by atoms with Crippen LogP contribution in [0.15, 0.2) is 29.6 Å². The molecule has 0 saturated carbocycles. The van der Waals surface area contributed by atoms with Crippen LogP contribution in [0.5, 0.6) is 0 Å². The number of aromatic nitrogens is 1. The lowest BCUT2D eigenvalue weighted by Gasteiger charge is -1.98. The second kappa shape index (κ2) is 5.86. The van der Waals surface area contributed by atoms with Crippen LogP contribution in [0.1, 0.15) is 5.69 Å². The van der Waals surface area contributed by atoms with Crippen molar-refractivity contribution < 1.29 is 4.39 Å². The Balaban J connectivity index is 2.04. The van der Waals surface area contributed by atoms with Crippen LogP contribution in [0.25, 0.3) is 10.6 Å². The molecule has 2 rings (SSSR count). The first-order valence-electron chi connectivity index (χ1n) is 5.40. The van der Waals surface area contributed by atoms with Gasteiger partial charge in [0.2, 0.25) is 0 Å². The first-order chi connectivity index (χ1) is 8.29. The van der Waals surface area contributed by atoms with E-state index in [9.17, 15) is 4.39 Å². The van der Waals surface area contributed by atoms with E-state index in [1.165, 1.54) is 12.1 Å². The molecule has 2 aromatic rings. The number of hydrogen-bond acceptors (Lipinski definition) is 4. The molecule has 0 radical (unpaired) electrons. The molecule has 0 unspecified atom stereocenters. The molecule has 0 saturated heterocycles. The zero-order chi connectivity index (χ0) is 12.1. The normalized spacial score (nSPS) is 10.7. The molecule has 0 aliphatic carbocycles. The minimum atomic E-state index is -0.227. The Morgan fingerprint density at radius 3 is 2.76 bits per heavy atom. The second-order valence-electron chi connectivity index (χ2n) is 3.62. The van der Waals surface area contributed by atoms with Crippen molar-refractivity contribution in [3.63, 3.8) is 0 Å². The van der Waals surface area contributed by atoms with Gasteiger partial charge in [0, 0.05) is 30.6 Å². The highest BCUT2D eigenvalue weighted by atomic mass is 32.1. The molecule has 0 amide bonds. The summed E-state index contributed by atoms with van der Waals surface area (Å²) in [6.45, 7) is 2.12.